The molecule has 1 aromatic heterocycles. The molecule has 2 heterocycles. The van der Waals surface area contributed by atoms with Crippen molar-refractivity contribution >= 4 is 17.5 Å². The Labute approximate surface area is 199 Å². The number of amides is 2. The fraction of sp³-hybridized carbons (Fsp3) is 0.385. The number of hydrogen-bond donors (Lipinski definition) is 2. The number of para-hydroxylation sites is 1. The van der Waals surface area contributed by atoms with Gasteiger partial charge >= 0.3 is 0 Å². The Hall–Kier alpha value is -3.68. The van der Waals surface area contributed by atoms with Crippen LogP contribution in [0.15, 0.2) is 48.5 Å². The van der Waals surface area contributed by atoms with Crippen LogP contribution in [0.4, 0.5) is 5.69 Å². The highest BCUT2D eigenvalue weighted by Gasteiger charge is 2.26. The summed E-state index contributed by atoms with van der Waals surface area (Å²) in [6, 6.07) is 13.8. The average Bonchev–Trinajstić information content (AvgIpc) is 3.10. The summed E-state index contributed by atoms with van der Waals surface area (Å²) >= 11 is 0. The number of aryl methyl sites for hydroxylation is 1. The van der Waals surface area contributed by atoms with E-state index in [2.05, 4.69) is 25.4 Å². The molecule has 8 nitrogen and oxygen atoms in total. The SMILES string of the molecule is COc1ccccc1C(=O)N[C@H](C(=O)Nc1cccc(-c2nnc3n2CCCCC3)c1)C(C)C. The lowest BCUT2D eigenvalue weighted by molar-refractivity contribution is -0.118. The van der Waals surface area contributed by atoms with Crippen molar-refractivity contribution < 1.29 is 14.3 Å². The van der Waals surface area contributed by atoms with E-state index in [0.717, 1.165) is 43.0 Å². The van der Waals surface area contributed by atoms with E-state index in [-0.39, 0.29) is 17.7 Å². The van der Waals surface area contributed by atoms with Gasteiger partial charge in [0, 0.05) is 24.2 Å². The van der Waals surface area contributed by atoms with Crippen LogP contribution in [-0.4, -0.2) is 39.7 Å². The monoisotopic (exact) mass is 461 g/mol. The Morgan fingerprint density at radius 1 is 1.03 bits per heavy atom. The molecular formula is C26H31N5O3. The van der Waals surface area contributed by atoms with Gasteiger partial charge in [0.2, 0.25) is 5.91 Å². The predicted molar refractivity (Wildman–Crippen MR) is 131 cm³/mol. The summed E-state index contributed by atoms with van der Waals surface area (Å²) in [4.78, 5) is 26.0. The van der Waals surface area contributed by atoms with E-state index in [9.17, 15) is 9.59 Å². The fourth-order valence-electron chi connectivity index (χ4n) is 4.24. The minimum atomic E-state index is -0.717. The summed E-state index contributed by atoms with van der Waals surface area (Å²) in [5.41, 5.74) is 1.93. The topological polar surface area (TPSA) is 98.1 Å². The second kappa shape index (κ2) is 10.5. The molecule has 0 radical (unpaired) electrons. The molecule has 0 unspecified atom stereocenters. The summed E-state index contributed by atoms with van der Waals surface area (Å²) < 4.78 is 7.46. The van der Waals surface area contributed by atoms with E-state index in [1.807, 2.05) is 38.1 Å². The van der Waals surface area contributed by atoms with Crippen molar-refractivity contribution in [1.29, 1.82) is 0 Å². The van der Waals surface area contributed by atoms with Gasteiger partial charge in [0.05, 0.1) is 12.7 Å². The summed E-state index contributed by atoms with van der Waals surface area (Å²) in [5.74, 6) is 1.54. The zero-order chi connectivity index (χ0) is 24.1. The molecule has 0 aliphatic carbocycles. The largest absolute Gasteiger partial charge is 0.496 e. The van der Waals surface area contributed by atoms with E-state index in [4.69, 9.17) is 4.74 Å². The molecule has 0 bridgehead atoms. The molecule has 34 heavy (non-hydrogen) atoms. The van der Waals surface area contributed by atoms with Gasteiger partial charge in [0.15, 0.2) is 5.82 Å². The summed E-state index contributed by atoms with van der Waals surface area (Å²) in [5, 5.41) is 14.6. The van der Waals surface area contributed by atoms with E-state index in [1.54, 1.807) is 24.3 Å². The first-order valence-electron chi connectivity index (χ1n) is 11.7. The zero-order valence-electron chi connectivity index (χ0n) is 19.9. The number of methoxy groups -OCH3 is 1. The molecular weight excluding hydrogens is 430 g/mol. The predicted octanol–water partition coefficient (Wildman–Crippen LogP) is 4.07. The number of carbonyl (C=O) groups excluding carboxylic acids is 2. The molecule has 1 atom stereocenters. The molecule has 3 aromatic rings. The van der Waals surface area contributed by atoms with E-state index in [1.165, 1.54) is 13.5 Å². The maximum atomic E-state index is 13.2. The number of aromatic nitrogens is 3. The molecule has 0 saturated heterocycles. The van der Waals surface area contributed by atoms with E-state index < -0.39 is 6.04 Å². The number of carbonyl (C=O) groups is 2. The van der Waals surface area contributed by atoms with Crippen LogP contribution in [0.2, 0.25) is 0 Å². The third-order valence-corrected chi connectivity index (χ3v) is 6.09. The van der Waals surface area contributed by atoms with Crippen LogP contribution in [0.3, 0.4) is 0 Å². The lowest BCUT2D eigenvalue weighted by Gasteiger charge is -2.22. The number of fused-ring (bicyclic) bond motifs is 1. The third-order valence-electron chi connectivity index (χ3n) is 6.09. The maximum absolute atomic E-state index is 13.2. The van der Waals surface area contributed by atoms with Gasteiger partial charge in [0.25, 0.3) is 5.91 Å². The highest BCUT2D eigenvalue weighted by Crippen LogP contribution is 2.25. The number of benzene rings is 2. The van der Waals surface area contributed by atoms with Gasteiger partial charge in [0.1, 0.15) is 17.6 Å². The number of ether oxygens (including phenoxy) is 1. The van der Waals surface area contributed by atoms with Crippen LogP contribution in [-0.2, 0) is 17.8 Å². The molecule has 178 valence electrons. The molecule has 8 heteroatoms. The lowest BCUT2D eigenvalue weighted by atomic mass is 10.0. The first kappa shape index (κ1) is 23.5. The van der Waals surface area contributed by atoms with Crippen molar-refractivity contribution in [1.82, 2.24) is 20.1 Å². The van der Waals surface area contributed by atoms with Crippen molar-refractivity contribution in [3.05, 3.63) is 59.9 Å². The number of anilines is 1. The molecule has 2 aromatic carbocycles. The molecule has 0 spiro atoms. The minimum absolute atomic E-state index is 0.117. The number of nitrogens with one attached hydrogen (secondary N) is 2. The van der Waals surface area contributed by atoms with Crippen molar-refractivity contribution in [3.8, 4) is 17.1 Å². The Morgan fingerprint density at radius 2 is 1.85 bits per heavy atom. The van der Waals surface area contributed by atoms with Gasteiger partial charge in [-0.05, 0) is 43.0 Å². The number of rotatable bonds is 7. The summed E-state index contributed by atoms with van der Waals surface area (Å²) in [6.45, 7) is 4.70. The highest BCUT2D eigenvalue weighted by atomic mass is 16.5. The summed E-state index contributed by atoms with van der Waals surface area (Å²) in [6.07, 6.45) is 4.36. The van der Waals surface area contributed by atoms with Gasteiger partial charge in [-0.1, -0.05) is 44.5 Å². The second-order valence-corrected chi connectivity index (χ2v) is 8.87. The van der Waals surface area contributed by atoms with Gasteiger partial charge in [-0.3, -0.25) is 9.59 Å². The van der Waals surface area contributed by atoms with Crippen LogP contribution < -0.4 is 15.4 Å². The lowest BCUT2D eigenvalue weighted by Crippen LogP contribution is -2.47. The Kier molecular flexibility index (Phi) is 7.25. The Balaban J connectivity index is 1.51. The second-order valence-electron chi connectivity index (χ2n) is 8.87. The Bertz CT molecular complexity index is 1170. The van der Waals surface area contributed by atoms with Crippen molar-refractivity contribution in [3.63, 3.8) is 0 Å². The number of nitrogens with zero attached hydrogens (tertiary/aromatic N) is 3. The van der Waals surface area contributed by atoms with Crippen molar-refractivity contribution in [2.45, 2.75) is 52.1 Å². The zero-order valence-corrected chi connectivity index (χ0v) is 19.9. The quantitative estimate of drug-likeness (QED) is 0.553. The molecule has 0 saturated carbocycles. The Morgan fingerprint density at radius 3 is 2.65 bits per heavy atom. The minimum Gasteiger partial charge on any atom is -0.496 e. The first-order chi connectivity index (χ1) is 16.5. The maximum Gasteiger partial charge on any atom is 0.255 e. The van der Waals surface area contributed by atoms with Crippen LogP contribution in [0.1, 0.15) is 49.3 Å². The molecule has 2 N–H and O–H groups in total. The first-order valence-corrected chi connectivity index (χ1v) is 11.7. The third kappa shape index (κ3) is 5.11. The number of hydrogen-bond acceptors (Lipinski definition) is 5. The van der Waals surface area contributed by atoms with E-state index in [0.29, 0.717) is 17.0 Å². The molecule has 4 rings (SSSR count). The normalized spacial score (nSPS) is 14.1. The van der Waals surface area contributed by atoms with Crippen LogP contribution in [0.5, 0.6) is 5.75 Å². The molecule has 1 aliphatic rings. The van der Waals surface area contributed by atoms with Gasteiger partial charge in [-0.15, -0.1) is 10.2 Å². The molecule has 0 fully saturated rings. The highest BCUT2D eigenvalue weighted by molar-refractivity contribution is 6.02. The fourth-order valence-corrected chi connectivity index (χ4v) is 4.24. The summed E-state index contributed by atoms with van der Waals surface area (Å²) in [7, 11) is 1.51. The smallest absolute Gasteiger partial charge is 0.255 e. The van der Waals surface area contributed by atoms with Gasteiger partial charge < -0.3 is 19.9 Å². The van der Waals surface area contributed by atoms with Crippen LogP contribution >= 0.6 is 0 Å². The standard InChI is InChI=1S/C26H31N5O3/c1-17(2)23(28-25(32)20-12-6-7-13-21(20)34-3)26(33)27-19-11-9-10-18(16-19)24-30-29-22-14-5-4-8-15-31(22)24/h6-7,9-13,16-17,23H,4-5,8,14-15H2,1-3H3,(H,27,33)(H,28,32)/t23-/m0/s1. The molecule has 2 amide bonds. The van der Waals surface area contributed by atoms with Crippen molar-refractivity contribution in [2.24, 2.45) is 5.92 Å². The van der Waals surface area contributed by atoms with Crippen molar-refractivity contribution in [2.75, 3.05) is 12.4 Å². The average molecular weight is 462 g/mol. The van der Waals surface area contributed by atoms with Crippen LogP contribution in [0, 0.1) is 5.92 Å². The van der Waals surface area contributed by atoms with Gasteiger partial charge in [-0.25, -0.2) is 0 Å². The molecule has 1 aliphatic heterocycles. The van der Waals surface area contributed by atoms with E-state index >= 15 is 0 Å². The van der Waals surface area contributed by atoms with Gasteiger partial charge in [-0.2, -0.15) is 0 Å². The van der Waals surface area contributed by atoms with Crippen LogP contribution in [0.25, 0.3) is 11.4 Å².